The fourth-order valence-electron chi connectivity index (χ4n) is 1.25. The van der Waals surface area contributed by atoms with Crippen molar-refractivity contribution in [3.05, 3.63) is 40.2 Å². The minimum absolute atomic E-state index is 0.276. The Balaban J connectivity index is 2.92. The fourth-order valence-corrected chi connectivity index (χ4v) is 1.70. The van der Waals surface area contributed by atoms with Crippen molar-refractivity contribution in [3.8, 4) is 0 Å². The quantitative estimate of drug-likeness (QED) is 0.687. The molecule has 1 heterocycles. The average molecular weight is 240 g/mol. The van der Waals surface area contributed by atoms with Gasteiger partial charge in [0.25, 0.3) is 0 Å². The smallest absolute Gasteiger partial charge is 0.149 e. The Bertz CT molecular complexity index is 468. The maximum atomic E-state index is 13.3. The van der Waals surface area contributed by atoms with Crippen molar-refractivity contribution in [1.29, 1.82) is 0 Å². The predicted molar refractivity (Wildman–Crippen MR) is 54.1 cm³/mol. The van der Waals surface area contributed by atoms with Crippen LogP contribution in [0.2, 0.25) is 0 Å². The van der Waals surface area contributed by atoms with E-state index < -0.39 is 0 Å². The van der Waals surface area contributed by atoms with Crippen LogP contribution in [0.25, 0.3) is 10.9 Å². The Hall–Kier alpha value is -0.960. The van der Waals surface area contributed by atoms with Gasteiger partial charge in [-0.25, -0.2) is 4.39 Å². The highest BCUT2D eigenvalue weighted by molar-refractivity contribution is 9.10. The zero-order valence-corrected chi connectivity index (χ0v) is 8.60. The number of fused-ring (bicyclic) bond motifs is 1. The van der Waals surface area contributed by atoms with E-state index in [1.807, 2.05) is 19.1 Å². The predicted octanol–water partition coefficient (Wildman–Crippen LogP) is 3.44. The van der Waals surface area contributed by atoms with Crippen LogP contribution in [-0.4, -0.2) is 4.98 Å². The first-order valence-electron chi connectivity index (χ1n) is 3.90. The maximum absolute atomic E-state index is 13.3. The summed E-state index contributed by atoms with van der Waals surface area (Å²) < 4.78 is 14.1. The summed E-state index contributed by atoms with van der Waals surface area (Å²) in [5.74, 6) is -0.276. The molecular formula is C10H7BrFN. The molecule has 0 radical (unpaired) electrons. The summed E-state index contributed by atoms with van der Waals surface area (Å²) in [5.41, 5.74) is 1.25. The molecule has 13 heavy (non-hydrogen) atoms. The molecular weight excluding hydrogens is 233 g/mol. The zero-order valence-electron chi connectivity index (χ0n) is 7.01. The second-order valence-electron chi connectivity index (χ2n) is 2.88. The van der Waals surface area contributed by atoms with Crippen LogP contribution in [0.4, 0.5) is 4.39 Å². The van der Waals surface area contributed by atoms with Crippen molar-refractivity contribution in [2.24, 2.45) is 0 Å². The van der Waals surface area contributed by atoms with E-state index in [4.69, 9.17) is 0 Å². The van der Waals surface area contributed by atoms with E-state index in [0.29, 0.717) is 5.52 Å². The summed E-state index contributed by atoms with van der Waals surface area (Å²) in [6, 6.07) is 6.84. The van der Waals surface area contributed by atoms with Gasteiger partial charge in [-0.05, 0) is 31.2 Å². The normalized spacial score (nSPS) is 10.7. The fraction of sp³-hybridized carbons (Fsp3) is 0.100. The number of hydrogen-bond donors (Lipinski definition) is 0. The average Bonchev–Trinajstić information content (AvgIpc) is 2.12. The number of rotatable bonds is 0. The van der Waals surface area contributed by atoms with Crippen LogP contribution in [0.15, 0.2) is 28.7 Å². The van der Waals surface area contributed by atoms with Crippen LogP contribution in [0, 0.1) is 12.7 Å². The molecule has 1 nitrogen and oxygen atoms in total. The highest BCUT2D eigenvalue weighted by Crippen LogP contribution is 2.24. The van der Waals surface area contributed by atoms with Crippen molar-refractivity contribution in [1.82, 2.24) is 4.98 Å². The molecule has 0 amide bonds. The second-order valence-corrected chi connectivity index (χ2v) is 3.73. The SMILES string of the molecule is Cc1ccc2c(Br)ccc(F)c2n1. The zero-order chi connectivity index (χ0) is 9.42. The molecule has 2 aromatic rings. The number of pyridine rings is 1. The van der Waals surface area contributed by atoms with Crippen LogP contribution in [0.3, 0.4) is 0 Å². The Morgan fingerprint density at radius 3 is 2.77 bits per heavy atom. The number of nitrogens with zero attached hydrogens (tertiary/aromatic N) is 1. The van der Waals surface area contributed by atoms with Crippen LogP contribution in [0.1, 0.15) is 5.69 Å². The van der Waals surface area contributed by atoms with Crippen molar-refractivity contribution in [3.63, 3.8) is 0 Å². The summed E-state index contributed by atoms with van der Waals surface area (Å²) in [6.07, 6.45) is 0. The number of aryl methyl sites for hydroxylation is 1. The van der Waals surface area contributed by atoms with E-state index in [2.05, 4.69) is 20.9 Å². The van der Waals surface area contributed by atoms with Crippen LogP contribution >= 0.6 is 15.9 Å². The van der Waals surface area contributed by atoms with Gasteiger partial charge in [0.2, 0.25) is 0 Å². The molecule has 2 rings (SSSR count). The molecule has 3 heteroatoms. The summed E-state index contributed by atoms with van der Waals surface area (Å²) in [6.45, 7) is 1.85. The van der Waals surface area contributed by atoms with Crippen molar-refractivity contribution in [2.45, 2.75) is 6.92 Å². The molecule has 0 spiro atoms. The summed E-state index contributed by atoms with van der Waals surface area (Å²) in [4.78, 5) is 4.13. The van der Waals surface area contributed by atoms with Gasteiger partial charge in [0.15, 0.2) is 0 Å². The highest BCUT2D eigenvalue weighted by Gasteiger charge is 2.04. The van der Waals surface area contributed by atoms with Crippen molar-refractivity contribution in [2.75, 3.05) is 0 Å². The molecule has 0 aliphatic rings. The first-order valence-corrected chi connectivity index (χ1v) is 4.69. The minimum atomic E-state index is -0.276. The van der Waals surface area contributed by atoms with Gasteiger partial charge in [0.1, 0.15) is 11.3 Å². The molecule has 66 valence electrons. The summed E-state index contributed by atoms with van der Waals surface area (Å²) >= 11 is 3.35. The van der Waals surface area contributed by atoms with E-state index >= 15 is 0 Å². The minimum Gasteiger partial charge on any atom is -0.250 e. The van der Waals surface area contributed by atoms with E-state index in [9.17, 15) is 4.39 Å². The highest BCUT2D eigenvalue weighted by atomic mass is 79.9. The molecule has 0 atom stereocenters. The first-order chi connectivity index (χ1) is 6.18. The molecule has 1 aromatic carbocycles. The lowest BCUT2D eigenvalue weighted by Crippen LogP contribution is -1.87. The maximum Gasteiger partial charge on any atom is 0.149 e. The third kappa shape index (κ3) is 1.44. The number of benzene rings is 1. The second kappa shape index (κ2) is 3.07. The topological polar surface area (TPSA) is 12.9 Å². The van der Waals surface area contributed by atoms with Gasteiger partial charge in [-0.3, -0.25) is 4.98 Å². The molecule has 0 N–H and O–H groups in total. The number of aromatic nitrogens is 1. The monoisotopic (exact) mass is 239 g/mol. The van der Waals surface area contributed by atoms with E-state index in [1.165, 1.54) is 6.07 Å². The van der Waals surface area contributed by atoms with Gasteiger partial charge >= 0.3 is 0 Å². The van der Waals surface area contributed by atoms with Gasteiger partial charge in [0.05, 0.1) is 0 Å². The van der Waals surface area contributed by atoms with Crippen LogP contribution in [0.5, 0.6) is 0 Å². The molecule has 0 aliphatic carbocycles. The molecule has 0 unspecified atom stereocenters. The summed E-state index contributed by atoms with van der Waals surface area (Å²) in [5, 5.41) is 0.811. The molecule has 0 fully saturated rings. The Morgan fingerprint density at radius 2 is 2.00 bits per heavy atom. The standard InChI is InChI=1S/C10H7BrFN/c1-6-2-3-7-8(11)4-5-9(12)10(7)13-6/h2-5H,1H3. The van der Waals surface area contributed by atoms with Crippen LogP contribution in [-0.2, 0) is 0 Å². The number of halogens is 2. The van der Waals surface area contributed by atoms with Gasteiger partial charge in [-0.15, -0.1) is 0 Å². The van der Waals surface area contributed by atoms with Gasteiger partial charge < -0.3 is 0 Å². The van der Waals surface area contributed by atoms with E-state index in [1.54, 1.807) is 6.07 Å². The van der Waals surface area contributed by atoms with Gasteiger partial charge in [-0.2, -0.15) is 0 Å². The molecule has 0 saturated heterocycles. The lowest BCUT2D eigenvalue weighted by Gasteiger charge is -2.01. The van der Waals surface area contributed by atoms with Gasteiger partial charge in [0, 0.05) is 15.6 Å². The molecule has 0 aliphatic heterocycles. The third-order valence-electron chi connectivity index (χ3n) is 1.89. The van der Waals surface area contributed by atoms with E-state index in [-0.39, 0.29) is 5.82 Å². The van der Waals surface area contributed by atoms with Crippen molar-refractivity contribution >= 4 is 26.8 Å². The van der Waals surface area contributed by atoms with E-state index in [0.717, 1.165) is 15.6 Å². The lowest BCUT2D eigenvalue weighted by molar-refractivity contribution is 0.636. The lowest BCUT2D eigenvalue weighted by atomic mass is 10.2. The third-order valence-corrected chi connectivity index (χ3v) is 2.59. The van der Waals surface area contributed by atoms with Gasteiger partial charge in [-0.1, -0.05) is 15.9 Å². The Labute approximate surface area is 83.7 Å². The van der Waals surface area contributed by atoms with Crippen LogP contribution < -0.4 is 0 Å². The molecule has 1 aromatic heterocycles. The summed E-state index contributed by atoms with van der Waals surface area (Å²) in [7, 11) is 0. The Morgan fingerprint density at radius 1 is 1.23 bits per heavy atom. The molecule has 0 bridgehead atoms. The largest absolute Gasteiger partial charge is 0.250 e. The Kier molecular flexibility index (Phi) is 2.04. The first kappa shape index (κ1) is 8.63. The van der Waals surface area contributed by atoms with Crippen molar-refractivity contribution < 1.29 is 4.39 Å². The molecule has 0 saturated carbocycles. The number of hydrogen-bond acceptors (Lipinski definition) is 1.